The zero-order valence-corrected chi connectivity index (χ0v) is 23.1. The molecule has 5 aromatic rings. The Hall–Kier alpha value is -2.70. The number of halogens is 1. The first-order valence-electron chi connectivity index (χ1n) is 12.2. The van der Waals surface area contributed by atoms with E-state index in [9.17, 15) is 24.2 Å². The number of hydrogen-bond donors (Lipinski definition) is 5. The van der Waals surface area contributed by atoms with E-state index in [1.54, 1.807) is 0 Å². The van der Waals surface area contributed by atoms with Crippen LogP contribution in [0.5, 0.6) is 0 Å². The predicted octanol–water partition coefficient (Wildman–Crippen LogP) is 2.99. The van der Waals surface area contributed by atoms with Gasteiger partial charge in [-0.1, -0.05) is 36.4 Å². The first kappa shape index (κ1) is 27.5. The minimum absolute atomic E-state index is 0.0886. The molecule has 0 saturated carbocycles. The van der Waals surface area contributed by atoms with Crippen LogP contribution in [0.25, 0.3) is 38.8 Å². The Morgan fingerprint density at radius 2 is 1.55 bits per heavy atom. The van der Waals surface area contributed by atoms with Gasteiger partial charge in [0.1, 0.15) is 18.1 Å². The number of aliphatic hydroxyl groups excluding tert-OH is 2. The number of benzene rings is 2. The maximum Gasteiger partial charge on any atom is 0.335 e. The van der Waals surface area contributed by atoms with Crippen molar-refractivity contribution in [3.63, 3.8) is 0 Å². The van der Waals surface area contributed by atoms with Gasteiger partial charge in [-0.25, -0.2) is 4.98 Å². The molecule has 5 atom stereocenters. The normalized spacial score (nSPS) is 23.4. The van der Waals surface area contributed by atoms with Crippen molar-refractivity contribution in [1.82, 2.24) is 24.1 Å². The molecule has 0 spiro atoms. The molecule has 13 nitrogen and oxygen atoms in total. The van der Waals surface area contributed by atoms with Crippen molar-refractivity contribution < 1.29 is 38.8 Å². The summed E-state index contributed by atoms with van der Waals surface area (Å²) in [5.74, 6) is -0.781. The standard InChI is InChI=1S/C24H24ClN5O8P2/c25-24-27-21-18(22(28-24)30-15-7-3-1-5-13(15)14-6-2-4-8-16(14)30)26-11-29(21)23-20(32)19(31)17(38-23)9-10-39(33,34)12-40(35,36)37/h1-8,11,17,19-20,23,31-32H,9-10,12H2,(H,33,34)(H2,35,36,37)/t17-,19+,20?,23-/m1/s1. The number of imidazole rings is 1. The molecule has 1 fully saturated rings. The Bertz CT molecular complexity index is 1800. The second-order valence-electron chi connectivity index (χ2n) is 9.72. The van der Waals surface area contributed by atoms with Crippen LogP contribution in [0.2, 0.25) is 5.28 Å². The summed E-state index contributed by atoms with van der Waals surface area (Å²) in [7, 11) is -8.93. The average Bonchev–Trinajstić information content (AvgIpc) is 3.53. The van der Waals surface area contributed by atoms with E-state index in [0.29, 0.717) is 11.3 Å². The lowest BCUT2D eigenvalue weighted by Crippen LogP contribution is -2.32. The molecular weight excluding hydrogens is 584 g/mol. The zero-order chi connectivity index (χ0) is 28.4. The highest BCUT2D eigenvalue weighted by Crippen LogP contribution is 2.55. The minimum atomic E-state index is -4.72. The van der Waals surface area contributed by atoms with Gasteiger partial charge < -0.3 is 29.6 Å². The van der Waals surface area contributed by atoms with Crippen LogP contribution in [0.3, 0.4) is 0 Å². The fraction of sp³-hybridized carbons (Fsp3) is 0.292. The number of para-hydroxylation sites is 2. The maximum atomic E-state index is 12.2. The van der Waals surface area contributed by atoms with Crippen molar-refractivity contribution >= 4 is 59.5 Å². The molecule has 3 aromatic heterocycles. The first-order chi connectivity index (χ1) is 18.9. The predicted molar refractivity (Wildman–Crippen MR) is 147 cm³/mol. The largest absolute Gasteiger partial charge is 0.388 e. The van der Waals surface area contributed by atoms with E-state index in [2.05, 4.69) is 15.0 Å². The summed E-state index contributed by atoms with van der Waals surface area (Å²) in [6, 6.07) is 15.6. The molecule has 2 aromatic carbocycles. The maximum absolute atomic E-state index is 12.2. The highest BCUT2D eigenvalue weighted by molar-refractivity contribution is 7.72. The summed E-state index contributed by atoms with van der Waals surface area (Å²) < 4.78 is 32.6. The molecule has 1 aliphatic heterocycles. The molecule has 0 radical (unpaired) electrons. The number of aromatic nitrogens is 5. The molecule has 2 unspecified atom stereocenters. The first-order valence-corrected chi connectivity index (χ1v) is 16.4. The Labute approximate surface area is 231 Å². The van der Waals surface area contributed by atoms with E-state index in [-0.39, 0.29) is 17.4 Å². The third kappa shape index (κ3) is 4.87. The minimum Gasteiger partial charge on any atom is -0.388 e. The highest BCUT2D eigenvalue weighted by Gasteiger charge is 2.45. The SMILES string of the molecule is O=P(O)(O)CP(=O)(O)CC[C@H]1O[C@@H](n2cnc3c(-n4c5ccccc5c5ccccc54)nc(Cl)nc32)C(O)[C@H]1O. The van der Waals surface area contributed by atoms with Gasteiger partial charge in [0.05, 0.1) is 23.5 Å². The molecule has 0 amide bonds. The average molecular weight is 608 g/mol. The van der Waals surface area contributed by atoms with Crippen LogP contribution in [0.15, 0.2) is 54.9 Å². The number of fused-ring (bicyclic) bond motifs is 4. The molecule has 210 valence electrons. The van der Waals surface area contributed by atoms with E-state index in [1.807, 2.05) is 53.1 Å². The number of nitrogens with zero attached hydrogens (tertiary/aromatic N) is 5. The van der Waals surface area contributed by atoms with Crippen LogP contribution in [-0.2, 0) is 13.9 Å². The Balaban J connectivity index is 1.38. The van der Waals surface area contributed by atoms with Crippen molar-refractivity contribution in [2.24, 2.45) is 0 Å². The van der Waals surface area contributed by atoms with E-state index in [0.717, 1.165) is 21.8 Å². The van der Waals surface area contributed by atoms with Gasteiger partial charge in [-0.2, -0.15) is 9.97 Å². The van der Waals surface area contributed by atoms with Crippen molar-refractivity contribution in [3.05, 3.63) is 60.1 Å². The summed E-state index contributed by atoms with van der Waals surface area (Å²) in [6.07, 6.45) is -4.56. The summed E-state index contributed by atoms with van der Waals surface area (Å²) in [4.78, 5) is 41.4. The topological polar surface area (TPSA) is 193 Å². The molecule has 0 aliphatic carbocycles. The van der Waals surface area contributed by atoms with Gasteiger partial charge in [0.25, 0.3) is 0 Å². The van der Waals surface area contributed by atoms with Crippen LogP contribution in [0.1, 0.15) is 12.6 Å². The monoisotopic (exact) mass is 607 g/mol. The lowest BCUT2D eigenvalue weighted by atomic mass is 10.1. The van der Waals surface area contributed by atoms with Crippen LogP contribution < -0.4 is 0 Å². The molecule has 1 aliphatic rings. The van der Waals surface area contributed by atoms with Crippen LogP contribution in [-0.4, -0.2) is 79.4 Å². The molecule has 40 heavy (non-hydrogen) atoms. The van der Waals surface area contributed by atoms with Gasteiger partial charge >= 0.3 is 7.60 Å². The highest BCUT2D eigenvalue weighted by atomic mass is 35.5. The number of hydrogen-bond acceptors (Lipinski definition) is 8. The van der Waals surface area contributed by atoms with Gasteiger partial charge in [0.2, 0.25) is 12.7 Å². The second kappa shape index (κ2) is 9.99. The Kier molecular flexibility index (Phi) is 6.86. The van der Waals surface area contributed by atoms with Gasteiger partial charge in [-0.05, 0) is 30.2 Å². The smallest absolute Gasteiger partial charge is 0.335 e. The van der Waals surface area contributed by atoms with Crippen LogP contribution >= 0.6 is 26.6 Å². The van der Waals surface area contributed by atoms with E-state index in [1.165, 1.54) is 10.9 Å². The zero-order valence-electron chi connectivity index (χ0n) is 20.6. The third-order valence-corrected chi connectivity index (χ3v) is 11.3. The van der Waals surface area contributed by atoms with E-state index >= 15 is 0 Å². The molecular formula is C24H24ClN5O8P2. The lowest BCUT2D eigenvalue weighted by Gasteiger charge is -2.18. The fourth-order valence-electron chi connectivity index (χ4n) is 5.25. The van der Waals surface area contributed by atoms with Crippen molar-refractivity contribution in [2.75, 3.05) is 12.1 Å². The Morgan fingerprint density at radius 3 is 2.17 bits per heavy atom. The fourth-order valence-corrected chi connectivity index (χ4v) is 8.94. The van der Waals surface area contributed by atoms with Crippen molar-refractivity contribution in [1.29, 1.82) is 0 Å². The van der Waals surface area contributed by atoms with Gasteiger partial charge in [0, 0.05) is 16.9 Å². The summed E-state index contributed by atoms with van der Waals surface area (Å²) in [5.41, 5.74) is 2.31. The second-order valence-corrected chi connectivity index (χ2v) is 14.7. The summed E-state index contributed by atoms with van der Waals surface area (Å²) >= 11 is 6.37. The third-order valence-electron chi connectivity index (χ3n) is 6.95. The number of ether oxygens (including phenoxy) is 1. The van der Waals surface area contributed by atoms with Gasteiger partial charge in [-0.15, -0.1) is 0 Å². The summed E-state index contributed by atoms with van der Waals surface area (Å²) in [6.45, 7) is 0. The lowest BCUT2D eigenvalue weighted by molar-refractivity contribution is -0.0354. The molecule has 1 saturated heterocycles. The molecule has 0 bridgehead atoms. The van der Waals surface area contributed by atoms with E-state index < -0.39 is 51.6 Å². The van der Waals surface area contributed by atoms with Crippen molar-refractivity contribution in [3.8, 4) is 5.82 Å². The molecule has 4 heterocycles. The van der Waals surface area contributed by atoms with Gasteiger partial charge in [-0.3, -0.25) is 18.3 Å². The molecule has 6 rings (SSSR count). The number of rotatable bonds is 7. The van der Waals surface area contributed by atoms with Crippen LogP contribution in [0.4, 0.5) is 0 Å². The quantitative estimate of drug-likeness (QED) is 0.135. The van der Waals surface area contributed by atoms with Crippen LogP contribution in [0, 0.1) is 0 Å². The molecule has 16 heteroatoms. The number of aliphatic hydroxyl groups is 2. The van der Waals surface area contributed by atoms with Gasteiger partial charge in [0.15, 0.2) is 23.2 Å². The summed E-state index contributed by atoms with van der Waals surface area (Å²) in [5, 5.41) is 23.4. The Morgan fingerprint density at radius 1 is 0.925 bits per heavy atom. The van der Waals surface area contributed by atoms with E-state index in [4.69, 9.17) is 26.1 Å². The van der Waals surface area contributed by atoms with Crippen molar-refractivity contribution in [2.45, 2.75) is 31.0 Å². The molecule has 5 N–H and O–H groups in total.